The van der Waals surface area contributed by atoms with Gasteiger partial charge in [0.15, 0.2) is 0 Å². The van der Waals surface area contributed by atoms with Crippen LogP contribution in [0.4, 0.5) is 5.69 Å². The normalized spacial score (nSPS) is 10.7. The zero-order chi connectivity index (χ0) is 18.4. The number of nitrogens with zero attached hydrogens (tertiary/aromatic N) is 2. The number of halogens is 2. The fraction of sp³-hybridized carbons (Fsp3) is 0.235. The predicted octanol–water partition coefficient (Wildman–Crippen LogP) is 3.65. The molecule has 0 fully saturated rings. The number of nitro groups is 1. The van der Waals surface area contributed by atoms with Gasteiger partial charge in [-0.2, -0.15) is 0 Å². The number of hydrogen-bond acceptors (Lipinski definition) is 4. The van der Waals surface area contributed by atoms with Gasteiger partial charge in [0, 0.05) is 35.3 Å². The molecule has 6 nitrogen and oxygen atoms in total. The molecular weight excluding hydrogens is 365 g/mol. The first kappa shape index (κ1) is 19.2. The highest BCUT2D eigenvalue weighted by Gasteiger charge is 2.13. The number of rotatable bonds is 7. The van der Waals surface area contributed by atoms with Crippen molar-refractivity contribution in [3.8, 4) is 0 Å². The summed E-state index contributed by atoms with van der Waals surface area (Å²) in [6, 6.07) is 11.5. The van der Waals surface area contributed by atoms with Crippen LogP contribution in [0.5, 0.6) is 0 Å². The van der Waals surface area contributed by atoms with E-state index < -0.39 is 4.92 Å². The molecule has 25 heavy (non-hydrogen) atoms. The van der Waals surface area contributed by atoms with Gasteiger partial charge in [-0.3, -0.25) is 19.8 Å². The molecule has 0 spiro atoms. The highest BCUT2D eigenvalue weighted by Crippen LogP contribution is 2.23. The second-order valence-electron chi connectivity index (χ2n) is 5.61. The van der Waals surface area contributed by atoms with E-state index in [1.807, 2.05) is 12.1 Å². The molecule has 132 valence electrons. The summed E-state index contributed by atoms with van der Waals surface area (Å²) in [5.74, 6) is -0.154. The second-order valence-corrected chi connectivity index (χ2v) is 6.45. The Kier molecular flexibility index (Phi) is 6.75. The molecule has 0 atom stereocenters. The molecule has 0 aliphatic rings. The first-order valence-corrected chi connectivity index (χ1v) is 8.23. The summed E-state index contributed by atoms with van der Waals surface area (Å²) in [7, 11) is 1.75. The molecule has 2 aromatic carbocycles. The molecule has 0 aliphatic carbocycles. The molecule has 8 heteroatoms. The maximum Gasteiger partial charge on any atom is 0.269 e. The molecule has 0 heterocycles. The van der Waals surface area contributed by atoms with Crippen LogP contribution in [0.1, 0.15) is 11.1 Å². The van der Waals surface area contributed by atoms with E-state index in [-0.39, 0.29) is 18.1 Å². The van der Waals surface area contributed by atoms with Crippen molar-refractivity contribution in [3.05, 3.63) is 73.8 Å². The van der Waals surface area contributed by atoms with Crippen molar-refractivity contribution >= 4 is 34.8 Å². The van der Waals surface area contributed by atoms with Crippen molar-refractivity contribution in [1.82, 2.24) is 10.2 Å². The fourth-order valence-electron chi connectivity index (χ4n) is 2.25. The average Bonchev–Trinajstić information content (AvgIpc) is 2.56. The lowest BCUT2D eigenvalue weighted by Gasteiger charge is -2.17. The van der Waals surface area contributed by atoms with Gasteiger partial charge in [0.1, 0.15) is 0 Å². The molecule has 0 aromatic heterocycles. The minimum Gasteiger partial charge on any atom is -0.351 e. The summed E-state index contributed by atoms with van der Waals surface area (Å²) < 4.78 is 0. The Hall–Kier alpha value is -2.15. The molecule has 1 amide bonds. The number of benzene rings is 2. The van der Waals surface area contributed by atoms with Gasteiger partial charge in [0.05, 0.1) is 11.5 Å². The van der Waals surface area contributed by atoms with Crippen LogP contribution in [0.3, 0.4) is 0 Å². The topological polar surface area (TPSA) is 75.5 Å². The van der Waals surface area contributed by atoms with Crippen LogP contribution in [0.15, 0.2) is 42.5 Å². The van der Waals surface area contributed by atoms with E-state index in [0.717, 1.165) is 5.56 Å². The van der Waals surface area contributed by atoms with Crippen molar-refractivity contribution in [3.63, 3.8) is 0 Å². The van der Waals surface area contributed by atoms with E-state index in [1.54, 1.807) is 24.1 Å². The number of carbonyl (C=O) groups is 1. The lowest BCUT2D eigenvalue weighted by molar-refractivity contribution is -0.384. The van der Waals surface area contributed by atoms with E-state index in [4.69, 9.17) is 23.2 Å². The maximum absolute atomic E-state index is 12.0. The highest BCUT2D eigenvalue weighted by molar-refractivity contribution is 6.31. The summed E-state index contributed by atoms with van der Waals surface area (Å²) in [4.78, 5) is 24.1. The molecular formula is C17H17Cl2N3O3. The molecule has 0 aliphatic heterocycles. The van der Waals surface area contributed by atoms with E-state index in [9.17, 15) is 14.9 Å². The van der Waals surface area contributed by atoms with Gasteiger partial charge in [-0.1, -0.05) is 35.3 Å². The van der Waals surface area contributed by atoms with Gasteiger partial charge in [-0.05, 0) is 36.4 Å². The van der Waals surface area contributed by atoms with Crippen LogP contribution in [0.2, 0.25) is 10.0 Å². The van der Waals surface area contributed by atoms with Crippen molar-refractivity contribution in [2.45, 2.75) is 13.1 Å². The van der Waals surface area contributed by atoms with Gasteiger partial charge in [-0.15, -0.1) is 0 Å². The van der Waals surface area contributed by atoms with Gasteiger partial charge in [0.2, 0.25) is 5.91 Å². The van der Waals surface area contributed by atoms with Gasteiger partial charge in [0.25, 0.3) is 5.69 Å². The molecule has 0 saturated carbocycles. The molecule has 0 bridgehead atoms. The summed E-state index contributed by atoms with van der Waals surface area (Å²) in [6.07, 6.45) is 0. The number of hydrogen-bond donors (Lipinski definition) is 1. The van der Waals surface area contributed by atoms with E-state index >= 15 is 0 Å². The standard InChI is InChI=1S/C17H17Cl2N3O3/c1-21(10-13-8-15(22(24)25)6-7-16(13)19)11-17(23)20-9-12-2-4-14(18)5-3-12/h2-8H,9-11H2,1H3,(H,20,23). The molecule has 1 N–H and O–H groups in total. The highest BCUT2D eigenvalue weighted by atomic mass is 35.5. The van der Waals surface area contributed by atoms with Crippen LogP contribution in [-0.4, -0.2) is 29.3 Å². The SMILES string of the molecule is CN(CC(=O)NCc1ccc(Cl)cc1)Cc1cc([N+](=O)[O-])ccc1Cl. The molecule has 2 rings (SSSR count). The predicted molar refractivity (Wildman–Crippen MR) is 97.7 cm³/mol. The Labute approximate surface area is 155 Å². The Morgan fingerprint density at radius 3 is 2.52 bits per heavy atom. The minimum absolute atomic E-state index is 0.0278. The maximum atomic E-state index is 12.0. The smallest absolute Gasteiger partial charge is 0.269 e. The van der Waals surface area contributed by atoms with Crippen molar-refractivity contribution in [2.24, 2.45) is 0 Å². The Morgan fingerprint density at radius 1 is 1.20 bits per heavy atom. The molecule has 0 radical (unpaired) electrons. The van der Waals surface area contributed by atoms with Crippen LogP contribution in [0.25, 0.3) is 0 Å². The van der Waals surface area contributed by atoms with Crippen molar-refractivity contribution in [2.75, 3.05) is 13.6 Å². The van der Waals surface area contributed by atoms with E-state index in [1.165, 1.54) is 18.2 Å². The van der Waals surface area contributed by atoms with Crippen molar-refractivity contribution in [1.29, 1.82) is 0 Å². The first-order chi connectivity index (χ1) is 11.8. The fourth-order valence-corrected chi connectivity index (χ4v) is 2.55. The zero-order valence-corrected chi connectivity index (χ0v) is 15.0. The second kappa shape index (κ2) is 8.80. The molecule has 0 unspecified atom stereocenters. The van der Waals surface area contributed by atoms with E-state index in [2.05, 4.69) is 5.32 Å². The third kappa shape index (κ3) is 6.01. The number of nitrogens with one attached hydrogen (secondary N) is 1. The quantitative estimate of drug-likeness (QED) is 0.586. The summed E-state index contributed by atoms with van der Waals surface area (Å²) >= 11 is 11.9. The number of likely N-dealkylation sites (N-methyl/N-ethyl adjacent to an activating group) is 1. The van der Waals surface area contributed by atoms with Crippen molar-refractivity contribution < 1.29 is 9.72 Å². The lowest BCUT2D eigenvalue weighted by atomic mass is 10.2. The number of carbonyl (C=O) groups excluding carboxylic acids is 1. The third-order valence-electron chi connectivity index (χ3n) is 3.50. The Morgan fingerprint density at radius 2 is 1.88 bits per heavy atom. The number of non-ortho nitro benzene ring substituents is 1. The largest absolute Gasteiger partial charge is 0.351 e. The van der Waals surface area contributed by atoms with Gasteiger partial charge in [-0.25, -0.2) is 0 Å². The summed E-state index contributed by atoms with van der Waals surface area (Å²) in [6.45, 7) is 0.878. The lowest BCUT2D eigenvalue weighted by Crippen LogP contribution is -2.34. The number of nitro benzene ring substituents is 1. The van der Waals surface area contributed by atoms with Crippen LogP contribution in [-0.2, 0) is 17.9 Å². The summed E-state index contributed by atoms with van der Waals surface area (Å²) in [5.41, 5.74) is 1.52. The van der Waals surface area contributed by atoms with Crippen LogP contribution in [0, 0.1) is 10.1 Å². The Balaban J connectivity index is 1.88. The first-order valence-electron chi connectivity index (χ1n) is 7.47. The third-order valence-corrected chi connectivity index (χ3v) is 4.12. The minimum atomic E-state index is -0.474. The molecule has 2 aromatic rings. The Bertz CT molecular complexity index is 766. The van der Waals surface area contributed by atoms with Crippen LogP contribution < -0.4 is 5.32 Å². The van der Waals surface area contributed by atoms with E-state index in [0.29, 0.717) is 28.7 Å². The summed E-state index contributed by atoms with van der Waals surface area (Å²) in [5, 5.41) is 14.7. The zero-order valence-electron chi connectivity index (χ0n) is 13.5. The van der Waals surface area contributed by atoms with Gasteiger partial charge < -0.3 is 5.32 Å². The number of amides is 1. The van der Waals surface area contributed by atoms with Crippen LogP contribution >= 0.6 is 23.2 Å². The monoisotopic (exact) mass is 381 g/mol. The van der Waals surface area contributed by atoms with Gasteiger partial charge >= 0.3 is 0 Å². The average molecular weight is 382 g/mol. The molecule has 0 saturated heterocycles.